The summed E-state index contributed by atoms with van der Waals surface area (Å²) in [5.41, 5.74) is 2.93. The van der Waals surface area contributed by atoms with Crippen LogP contribution in [-0.4, -0.2) is 99.8 Å². The fourth-order valence-corrected chi connectivity index (χ4v) is 7.72. The van der Waals surface area contributed by atoms with Crippen LogP contribution in [0.3, 0.4) is 0 Å². The van der Waals surface area contributed by atoms with E-state index in [4.69, 9.17) is 4.98 Å². The summed E-state index contributed by atoms with van der Waals surface area (Å²) in [5, 5.41) is 3.29. The summed E-state index contributed by atoms with van der Waals surface area (Å²) in [6.45, 7) is 8.14. The largest absolute Gasteiger partial charge is 0.369 e. The van der Waals surface area contributed by atoms with Crippen molar-refractivity contribution in [1.82, 2.24) is 29.7 Å². The van der Waals surface area contributed by atoms with E-state index >= 15 is 0 Å². The predicted octanol–water partition coefficient (Wildman–Crippen LogP) is 3.70. The van der Waals surface area contributed by atoms with E-state index in [1.54, 1.807) is 25.3 Å². The number of rotatable bonds is 7. The molecule has 3 saturated heterocycles. The summed E-state index contributed by atoms with van der Waals surface area (Å²) in [6.07, 6.45) is 8.94. The number of piperazine rings is 1. The summed E-state index contributed by atoms with van der Waals surface area (Å²) in [6, 6.07) is 9.96. The number of anilines is 2. The first-order valence-electron chi connectivity index (χ1n) is 17.4. The molecule has 8 rings (SSSR count). The predicted molar refractivity (Wildman–Crippen MR) is 185 cm³/mol. The lowest BCUT2D eigenvalue weighted by molar-refractivity contribution is -0.136. The van der Waals surface area contributed by atoms with Crippen LogP contribution >= 0.6 is 0 Å². The normalized spacial score (nSPS) is 20.6. The molecule has 1 atom stereocenters. The molecule has 50 heavy (non-hydrogen) atoms. The molecule has 12 nitrogen and oxygen atoms in total. The van der Waals surface area contributed by atoms with Crippen LogP contribution < -0.4 is 15.1 Å². The minimum absolute atomic E-state index is 0.0990. The molecule has 1 aromatic carbocycles. The maximum absolute atomic E-state index is 14.2. The van der Waals surface area contributed by atoms with Gasteiger partial charge in [0.25, 0.3) is 11.8 Å². The van der Waals surface area contributed by atoms with Gasteiger partial charge < -0.3 is 9.80 Å². The van der Waals surface area contributed by atoms with Gasteiger partial charge in [0.2, 0.25) is 11.8 Å². The van der Waals surface area contributed by atoms with Gasteiger partial charge in [-0.3, -0.25) is 38.9 Å². The van der Waals surface area contributed by atoms with Gasteiger partial charge >= 0.3 is 0 Å². The van der Waals surface area contributed by atoms with Crippen molar-refractivity contribution < 1.29 is 23.6 Å². The molecule has 7 heterocycles. The van der Waals surface area contributed by atoms with Gasteiger partial charge in [-0.05, 0) is 75.4 Å². The maximum Gasteiger partial charge on any atom is 0.262 e. The van der Waals surface area contributed by atoms with Gasteiger partial charge in [-0.1, -0.05) is 0 Å². The number of pyridine rings is 2. The van der Waals surface area contributed by atoms with Crippen LogP contribution in [0.4, 0.5) is 15.9 Å². The van der Waals surface area contributed by atoms with Crippen molar-refractivity contribution in [2.24, 2.45) is 5.92 Å². The highest BCUT2D eigenvalue weighted by atomic mass is 19.1. The molecule has 1 unspecified atom stereocenters. The second-order valence-corrected chi connectivity index (χ2v) is 13.8. The van der Waals surface area contributed by atoms with E-state index in [1.165, 1.54) is 6.07 Å². The summed E-state index contributed by atoms with van der Waals surface area (Å²) >= 11 is 0. The smallest absolute Gasteiger partial charge is 0.262 e. The number of amides is 4. The zero-order chi connectivity index (χ0) is 34.5. The Hall–Kier alpha value is -5.17. The SMILES string of the molecule is Cc1cnc(-n2ccc3cc(N4CCC(CCN5CCN(c6ccc7c(c6)C(=O)N(C6CCC(=O)NC6=O)C7=O)CC5)CC4)ncc32)cc1F. The fourth-order valence-electron chi connectivity index (χ4n) is 7.72. The minimum atomic E-state index is -0.962. The number of halogens is 1. The third kappa shape index (κ3) is 5.89. The number of piperidine rings is 2. The highest BCUT2D eigenvalue weighted by molar-refractivity contribution is 6.23. The molecule has 0 bridgehead atoms. The van der Waals surface area contributed by atoms with E-state index < -0.39 is 23.8 Å². The third-order valence-corrected chi connectivity index (χ3v) is 10.8. The van der Waals surface area contributed by atoms with Crippen molar-refractivity contribution in [1.29, 1.82) is 0 Å². The molecule has 4 aromatic rings. The average Bonchev–Trinajstić information content (AvgIpc) is 3.66. The van der Waals surface area contributed by atoms with Crippen molar-refractivity contribution in [3.8, 4) is 5.82 Å². The lowest BCUT2D eigenvalue weighted by atomic mass is 9.93. The number of aromatic nitrogens is 3. The van der Waals surface area contributed by atoms with E-state index in [1.807, 2.05) is 29.1 Å². The zero-order valence-electron chi connectivity index (χ0n) is 28.0. The standard InChI is InChI=1S/C37H39FN8O4/c1-23-21-39-33(20-29(23)38)45-13-9-25-18-32(40-22-31(25)45)44-11-7-24(8-12-44)6-10-42-14-16-43(17-15-42)26-2-3-27-28(19-26)37(50)46(36(27)49)30-4-5-34(47)41-35(30)48/h2-3,9,13,18-22,24,30H,4-8,10-12,14-17H2,1H3,(H,41,47,48). The lowest BCUT2D eigenvalue weighted by Crippen LogP contribution is -2.54. The van der Waals surface area contributed by atoms with Crippen molar-refractivity contribution in [3.63, 3.8) is 0 Å². The van der Waals surface area contributed by atoms with Crippen LogP contribution in [0.25, 0.3) is 16.7 Å². The Morgan fingerprint density at radius 1 is 0.820 bits per heavy atom. The summed E-state index contributed by atoms with van der Waals surface area (Å²) in [5.74, 6) is -0.0593. The van der Waals surface area contributed by atoms with Crippen LogP contribution in [0.5, 0.6) is 0 Å². The molecule has 3 aromatic heterocycles. The quantitative estimate of drug-likeness (QED) is 0.292. The van der Waals surface area contributed by atoms with Gasteiger partial charge in [0.15, 0.2) is 0 Å². The number of hydrogen-bond donors (Lipinski definition) is 1. The average molecular weight is 679 g/mol. The van der Waals surface area contributed by atoms with Gasteiger partial charge in [-0.2, -0.15) is 0 Å². The van der Waals surface area contributed by atoms with Crippen LogP contribution in [0.1, 0.15) is 58.4 Å². The molecule has 13 heteroatoms. The second kappa shape index (κ2) is 12.9. The summed E-state index contributed by atoms with van der Waals surface area (Å²) in [7, 11) is 0. The molecule has 0 aliphatic carbocycles. The molecular formula is C37H39FN8O4. The Morgan fingerprint density at radius 2 is 1.58 bits per heavy atom. The molecule has 0 spiro atoms. The van der Waals surface area contributed by atoms with Crippen LogP contribution in [0, 0.1) is 18.7 Å². The number of fused-ring (bicyclic) bond motifs is 2. The van der Waals surface area contributed by atoms with Gasteiger partial charge in [0, 0.05) is 80.8 Å². The van der Waals surface area contributed by atoms with Crippen LogP contribution in [-0.2, 0) is 9.59 Å². The molecule has 258 valence electrons. The van der Waals surface area contributed by atoms with E-state index in [-0.39, 0.29) is 24.6 Å². The van der Waals surface area contributed by atoms with Crippen molar-refractivity contribution >= 4 is 46.0 Å². The molecule has 4 amide bonds. The number of nitrogens with one attached hydrogen (secondary N) is 1. The number of nitrogens with zero attached hydrogens (tertiary/aromatic N) is 7. The van der Waals surface area contributed by atoms with Gasteiger partial charge in [-0.25, -0.2) is 14.4 Å². The fraction of sp³-hybridized carbons (Fsp3) is 0.405. The van der Waals surface area contributed by atoms with Crippen LogP contribution in [0.15, 0.2) is 55.0 Å². The Balaban J connectivity index is 0.815. The highest BCUT2D eigenvalue weighted by Gasteiger charge is 2.44. The molecular weight excluding hydrogens is 639 g/mol. The first kappa shape index (κ1) is 32.1. The molecule has 0 radical (unpaired) electrons. The molecule has 0 saturated carbocycles. The Morgan fingerprint density at radius 3 is 2.34 bits per heavy atom. The number of carbonyl (C=O) groups is 4. The molecule has 3 fully saturated rings. The van der Waals surface area contributed by atoms with E-state index in [2.05, 4.69) is 31.1 Å². The third-order valence-electron chi connectivity index (χ3n) is 10.8. The highest BCUT2D eigenvalue weighted by Crippen LogP contribution is 2.32. The summed E-state index contributed by atoms with van der Waals surface area (Å²) in [4.78, 5) is 67.6. The number of carbonyl (C=O) groups excluding carboxylic acids is 4. The molecule has 4 aliphatic heterocycles. The van der Waals surface area contributed by atoms with Crippen molar-refractivity contribution in [2.45, 2.75) is 45.1 Å². The van der Waals surface area contributed by atoms with Gasteiger partial charge in [-0.15, -0.1) is 0 Å². The molecule has 4 aliphatic rings. The number of hydrogen-bond acceptors (Lipinski definition) is 9. The first-order chi connectivity index (χ1) is 24.2. The zero-order valence-corrected chi connectivity index (χ0v) is 28.0. The lowest BCUT2D eigenvalue weighted by Gasteiger charge is -2.38. The number of aryl methyl sites for hydroxylation is 1. The van der Waals surface area contributed by atoms with Crippen molar-refractivity contribution in [3.05, 3.63) is 77.5 Å². The second-order valence-electron chi connectivity index (χ2n) is 13.8. The molecule has 1 N–H and O–H groups in total. The van der Waals surface area contributed by atoms with E-state index in [9.17, 15) is 23.6 Å². The monoisotopic (exact) mass is 678 g/mol. The van der Waals surface area contributed by atoms with Crippen molar-refractivity contribution in [2.75, 3.05) is 55.6 Å². The van der Waals surface area contributed by atoms with E-state index in [0.717, 1.165) is 92.4 Å². The minimum Gasteiger partial charge on any atom is -0.369 e. The van der Waals surface area contributed by atoms with Crippen LogP contribution in [0.2, 0.25) is 0 Å². The Kier molecular flexibility index (Phi) is 8.30. The van der Waals surface area contributed by atoms with Gasteiger partial charge in [0.05, 0.1) is 22.8 Å². The van der Waals surface area contributed by atoms with E-state index in [0.29, 0.717) is 28.4 Å². The Labute approximate surface area is 288 Å². The number of imide groups is 2. The first-order valence-corrected chi connectivity index (χ1v) is 17.4. The maximum atomic E-state index is 14.2. The Bertz CT molecular complexity index is 2010. The topological polar surface area (TPSA) is 124 Å². The summed E-state index contributed by atoms with van der Waals surface area (Å²) < 4.78 is 16.0. The number of benzene rings is 1. The van der Waals surface area contributed by atoms with Gasteiger partial charge in [0.1, 0.15) is 23.5 Å².